The zero-order chi connectivity index (χ0) is 14.8. The van der Waals surface area contributed by atoms with E-state index in [0.717, 1.165) is 37.8 Å². The molecule has 0 spiro atoms. The van der Waals surface area contributed by atoms with E-state index in [1.54, 1.807) is 14.2 Å². The van der Waals surface area contributed by atoms with Gasteiger partial charge in [-0.1, -0.05) is 12.1 Å². The van der Waals surface area contributed by atoms with Crippen LogP contribution in [0.15, 0.2) is 29.3 Å². The molecule has 0 saturated heterocycles. The monoisotopic (exact) mass is 406 g/mol. The van der Waals surface area contributed by atoms with E-state index < -0.39 is 0 Å². The van der Waals surface area contributed by atoms with Gasteiger partial charge in [0, 0.05) is 20.1 Å². The van der Waals surface area contributed by atoms with E-state index in [-0.39, 0.29) is 24.0 Å². The molecule has 0 aliphatic heterocycles. The summed E-state index contributed by atoms with van der Waals surface area (Å²) in [6.07, 6.45) is 1.09. The van der Waals surface area contributed by atoms with Gasteiger partial charge in [0.2, 0.25) is 0 Å². The minimum absolute atomic E-state index is 0. The summed E-state index contributed by atoms with van der Waals surface area (Å²) in [6.45, 7) is 2.74. The molecule has 1 rings (SSSR count). The van der Waals surface area contributed by atoms with Gasteiger partial charge in [0.1, 0.15) is 5.75 Å². The average Bonchev–Trinajstić information content (AvgIpc) is 2.47. The van der Waals surface area contributed by atoms with E-state index in [2.05, 4.69) is 34.6 Å². The molecule has 1 aromatic rings. The van der Waals surface area contributed by atoms with Crippen LogP contribution in [0.1, 0.15) is 12.0 Å². The smallest absolute Gasteiger partial charge is 0.191 e. The highest BCUT2D eigenvalue weighted by atomic mass is 127. The molecule has 0 radical (unpaired) electrons. The van der Waals surface area contributed by atoms with Gasteiger partial charge < -0.3 is 20.3 Å². The quantitative estimate of drug-likeness (QED) is 0.315. The molecule has 0 fully saturated rings. The van der Waals surface area contributed by atoms with Crippen molar-refractivity contribution in [1.29, 1.82) is 0 Å². The standard InChI is InChI=1S/C15H26N4O.HI/c1-16-15(17-10-5-11-19(2)3)18-12-13-6-8-14(20-4)9-7-13;/h6-9H,5,10-12H2,1-4H3,(H2,16,17,18);1H. The van der Waals surface area contributed by atoms with Crippen molar-refractivity contribution in [3.8, 4) is 5.75 Å². The Kier molecular flexibility index (Phi) is 11.1. The van der Waals surface area contributed by atoms with Gasteiger partial charge in [0.25, 0.3) is 0 Å². The minimum Gasteiger partial charge on any atom is -0.497 e. The number of methoxy groups -OCH3 is 1. The molecule has 0 heterocycles. The average molecular weight is 406 g/mol. The molecule has 0 bridgehead atoms. The molecule has 6 heteroatoms. The van der Waals surface area contributed by atoms with Crippen LogP contribution in [0.2, 0.25) is 0 Å². The summed E-state index contributed by atoms with van der Waals surface area (Å²) >= 11 is 0. The molecule has 0 saturated carbocycles. The Balaban J connectivity index is 0.00000400. The van der Waals surface area contributed by atoms with Gasteiger partial charge in [0.05, 0.1) is 7.11 Å². The number of hydrogen-bond donors (Lipinski definition) is 2. The Hall–Kier alpha value is -1.02. The number of nitrogens with zero attached hydrogens (tertiary/aromatic N) is 2. The third kappa shape index (κ3) is 8.77. The first-order valence-corrected chi connectivity index (χ1v) is 6.88. The number of benzene rings is 1. The zero-order valence-electron chi connectivity index (χ0n) is 13.3. The highest BCUT2D eigenvalue weighted by Gasteiger charge is 1.99. The van der Waals surface area contributed by atoms with Gasteiger partial charge >= 0.3 is 0 Å². The maximum absolute atomic E-state index is 5.14. The van der Waals surface area contributed by atoms with Crippen LogP contribution in [0.4, 0.5) is 0 Å². The Bertz CT molecular complexity index is 407. The third-order valence-corrected chi connectivity index (χ3v) is 2.92. The molecule has 0 amide bonds. The zero-order valence-corrected chi connectivity index (χ0v) is 15.7. The lowest BCUT2D eigenvalue weighted by Gasteiger charge is -2.13. The van der Waals surface area contributed by atoms with E-state index in [4.69, 9.17) is 4.74 Å². The van der Waals surface area contributed by atoms with Crippen molar-refractivity contribution in [3.05, 3.63) is 29.8 Å². The molecule has 0 aromatic heterocycles. The normalized spacial score (nSPS) is 11.0. The predicted molar refractivity (Wildman–Crippen MR) is 99.8 cm³/mol. The van der Waals surface area contributed by atoms with Gasteiger partial charge in [-0.25, -0.2) is 0 Å². The number of guanidine groups is 1. The molecule has 120 valence electrons. The summed E-state index contributed by atoms with van der Waals surface area (Å²) in [6, 6.07) is 8.02. The van der Waals surface area contributed by atoms with Gasteiger partial charge in [-0.3, -0.25) is 4.99 Å². The molecule has 0 unspecified atom stereocenters. The largest absolute Gasteiger partial charge is 0.497 e. The lowest BCUT2D eigenvalue weighted by Crippen LogP contribution is -2.38. The maximum Gasteiger partial charge on any atom is 0.191 e. The fraction of sp³-hybridized carbons (Fsp3) is 0.533. The molecule has 21 heavy (non-hydrogen) atoms. The van der Waals surface area contributed by atoms with E-state index in [1.807, 2.05) is 24.3 Å². The second kappa shape index (κ2) is 11.6. The van der Waals surface area contributed by atoms with E-state index in [9.17, 15) is 0 Å². The minimum atomic E-state index is 0. The number of rotatable bonds is 7. The maximum atomic E-state index is 5.14. The number of hydrogen-bond acceptors (Lipinski definition) is 3. The van der Waals surface area contributed by atoms with Crippen LogP contribution in [-0.2, 0) is 6.54 Å². The summed E-state index contributed by atoms with van der Waals surface area (Å²) < 4.78 is 5.14. The van der Waals surface area contributed by atoms with Crippen LogP contribution in [0, 0.1) is 0 Å². The van der Waals surface area contributed by atoms with Crippen molar-refractivity contribution in [3.63, 3.8) is 0 Å². The van der Waals surface area contributed by atoms with Crippen molar-refractivity contribution in [2.45, 2.75) is 13.0 Å². The molecular weight excluding hydrogens is 379 g/mol. The molecule has 0 aliphatic rings. The predicted octanol–water partition coefficient (Wildman–Crippen LogP) is 1.93. The van der Waals surface area contributed by atoms with Gasteiger partial charge in [-0.15, -0.1) is 24.0 Å². The molecular formula is C15H27IN4O. The summed E-state index contributed by atoms with van der Waals surface area (Å²) in [5.74, 6) is 1.71. The summed E-state index contributed by atoms with van der Waals surface area (Å²) in [5.41, 5.74) is 1.20. The second-order valence-corrected chi connectivity index (χ2v) is 4.86. The number of ether oxygens (including phenoxy) is 1. The number of aliphatic imine (C=N–C) groups is 1. The lowest BCUT2D eigenvalue weighted by atomic mass is 10.2. The molecule has 2 N–H and O–H groups in total. The highest BCUT2D eigenvalue weighted by molar-refractivity contribution is 14.0. The summed E-state index contributed by atoms with van der Waals surface area (Å²) in [7, 11) is 7.62. The fourth-order valence-corrected chi connectivity index (χ4v) is 1.75. The van der Waals surface area contributed by atoms with E-state index in [1.165, 1.54) is 5.56 Å². The van der Waals surface area contributed by atoms with Crippen LogP contribution >= 0.6 is 24.0 Å². The van der Waals surface area contributed by atoms with Crippen LogP contribution < -0.4 is 15.4 Å². The van der Waals surface area contributed by atoms with Crippen LogP contribution in [0.3, 0.4) is 0 Å². The Morgan fingerprint density at radius 3 is 2.38 bits per heavy atom. The third-order valence-electron chi connectivity index (χ3n) is 2.92. The SMILES string of the molecule is CN=C(NCCCN(C)C)NCc1ccc(OC)cc1.I. The first-order valence-electron chi connectivity index (χ1n) is 6.88. The van der Waals surface area contributed by atoms with Gasteiger partial charge in [-0.2, -0.15) is 0 Å². The first kappa shape index (κ1) is 20.0. The summed E-state index contributed by atoms with van der Waals surface area (Å²) in [5, 5.41) is 6.60. The van der Waals surface area contributed by atoms with Gasteiger partial charge in [-0.05, 0) is 44.8 Å². The Labute approximate surface area is 145 Å². The number of nitrogens with one attached hydrogen (secondary N) is 2. The first-order chi connectivity index (χ1) is 9.65. The van der Waals surface area contributed by atoms with Crippen LogP contribution in [0.5, 0.6) is 5.75 Å². The molecule has 0 atom stereocenters. The Morgan fingerprint density at radius 2 is 1.86 bits per heavy atom. The number of halogens is 1. The van der Waals surface area contributed by atoms with Gasteiger partial charge in [0.15, 0.2) is 5.96 Å². The van der Waals surface area contributed by atoms with Crippen LogP contribution in [0.25, 0.3) is 0 Å². The van der Waals surface area contributed by atoms with Crippen molar-refractivity contribution in [1.82, 2.24) is 15.5 Å². The van der Waals surface area contributed by atoms with Crippen molar-refractivity contribution in [2.75, 3.05) is 41.3 Å². The van der Waals surface area contributed by atoms with Crippen molar-refractivity contribution >= 4 is 29.9 Å². The topological polar surface area (TPSA) is 48.9 Å². The Morgan fingerprint density at radius 1 is 1.19 bits per heavy atom. The summed E-state index contributed by atoms with van der Waals surface area (Å²) in [4.78, 5) is 6.39. The highest BCUT2D eigenvalue weighted by Crippen LogP contribution is 2.10. The lowest BCUT2D eigenvalue weighted by molar-refractivity contribution is 0.399. The second-order valence-electron chi connectivity index (χ2n) is 4.86. The molecule has 5 nitrogen and oxygen atoms in total. The molecule has 0 aliphatic carbocycles. The van der Waals surface area contributed by atoms with Crippen molar-refractivity contribution < 1.29 is 4.74 Å². The van der Waals surface area contributed by atoms with Crippen LogP contribution in [-0.4, -0.2) is 52.2 Å². The fourth-order valence-electron chi connectivity index (χ4n) is 1.75. The van der Waals surface area contributed by atoms with E-state index in [0.29, 0.717) is 0 Å². The van der Waals surface area contributed by atoms with Crippen molar-refractivity contribution in [2.24, 2.45) is 4.99 Å². The molecule has 1 aromatic carbocycles. The van der Waals surface area contributed by atoms with E-state index >= 15 is 0 Å².